The molecule has 2 rings (SSSR count). The van der Waals surface area contributed by atoms with E-state index in [1.807, 2.05) is 6.92 Å². The number of rotatable bonds is 0. The van der Waals surface area contributed by atoms with Gasteiger partial charge in [0.1, 0.15) is 11.6 Å². The van der Waals surface area contributed by atoms with E-state index in [2.05, 4.69) is 0 Å². The van der Waals surface area contributed by atoms with Gasteiger partial charge >= 0.3 is 0 Å². The average molecular weight is 228 g/mol. The van der Waals surface area contributed by atoms with Crippen LogP contribution in [0.3, 0.4) is 0 Å². The summed E-state index contributed by atoms with van der Waals surface area (Å²) in [5.74, 6) is -1.07. The molecule has 0 saturated carbocycles. The zero-order chi connectivity index (χ0) is 11.0. The Morgan fingerprint density at radius 1 is 1.40 bits per heavy atom. The summed E-state index contributed by atoms with van der Waals surface area (Å²) in [6.07, 6.45) is 0.320. The number of hydrogen-bond donors (Lipinski definition) is 0. The van der Waals surface area contributed by atoms with Crippen molar-refractivity contribution in [1.29, 1.82) is 0 Å². The summed E-state index contributed by atoms with van der Waals surface area (Å²) in [7, 11) is 0. The van der Waals surface area contributed by atoms with Crippen molar-refractivity contribution in [3.05, 3.63) is 34.9 Å². The minimum atomic E-state index is -0.732. The van der Waals surface area contributed by atoms with Gasteiger partial charge in [-0.05, 0) is 11.6 Å². The first-order valence-electron chi connectivity index (χ1n) is 4.70. The number of halogens is 2. The van der Waals surface area contributed by atoms with Crippen LogP contribution in [0.25, 0.3) is 0 Å². The zero-order valence-corrected chi connectivity index (χ0v) is 9.04. The Bertz CT molecular complexity index is 417. The second-order valence-electron chi connectivity index (χ2n) is 3.67. The largest absolute Gasteiger partial charge is 0.294 e. The van der Waals surface area contributed by atoms with Crippen LogP contribution in [0.2, 0.25) is 0 Å². The molecule has 1 nitrogen and oxygen atoms in total. The SMILES string of the molecule is CC1CC(=O)c2c(F)cc(F)cc2CS1. The van der Waals surface area contributed by atoms with Crippen molar-refractivity contribution in [1.82, 2.24) is 0 Å². The number of carbonyl (C=O) groups excluding carboxylic acids is 1. The monoisotopic (exact) mass is 228 g/mol. The summed E-state index contributed by atoms with van der Waals surface area (Å²) in [5.41, 5.74) is 0.556. The average Bonchev–Trinajstić information content (AvgIpc) is 2.25. The number of fused-ring (bicyclic) bond motifs is 1. The Morgan fingerprint density at radius 3 is 2.87 bits per heavy atom. The maximum atomic E-state index is 13.4. The first kappa shape index (κ1) is 10.6. The highest BCUT2D eigenvalue weighted by atomic mass is 32.2. The molecule has 1 aromatic rings. The van der Waals surface area contributed by atoms with Gasteiger partial charge in [0, 0.05) is 23.5 Å². The smallest absolute Gasteiger partial charge is 0.167 e. The molecule has 0 fully saturated rings. The fraction of sp³-hybridized carbons (Fsp3) is 0.364. The highest BCUT2D eigenvalue weighted by molar-refractivity contribution is 7.99. The molecule has 15 heavy (non-hydrogen) atoms. The van der Waals surface area contributed by atoms with E-state index < -0.39 is 11.6 Å². The van der Waals surface area contributed by atoms with Crippen molar-refractivity contribution in [3.8, 4) is 0 Å². The summed E-state index contributed by atoms with van der Waals surface area (Å²) < 4.78 is 26.4. The van der Waals surface area contributed by atoms with Crippen LogP contribution in [0.4, 0.5) is 8.78 Å². The van der Waals surface area contributed by atoms with E-state index in [1.54, 1.807) is 11.8 Å². The lowest BCUT2D eigenvalue weighted by molar-refractivity contribution is 0.0979. The van der Waals surface area contributed by atoms with Crippen LogP contribution >= 0.6 is 11.8 Å². The van der Waals surface area contributed by atoms with Crippen LogP contribution in [0.5, 0.6) is 0 Å². The fourth-order valence-corrected chi connectivity index (χ4v) is 2.67. The molecule has 1 aliphatic heterocycles. The predicted molar refractivity (Wildman–Crippen MR) is 56.1 cm³/mol. The van der Waals surface area contributed by atoms with Crippen molar-refractivity contribution >= 4 is 17.5 Å². The van der Waals surface area contributed by atoms with Crippen LogP contribution in [-0.2, 0) is 5.75 Å². The molecular formula is C11H10F2OS. The second kappa shape index (κ2) is 3.93. The minimum Gasteiger partial charge on any atom is -0.294 e. The van der Waals surface area contributed by atoms with Crippen molar-refractivity contribution in [2.75, 3.05) is 0 Å². The topological polar surface area (TPSA) is 17.1 Å². The molecule has 1 aromatic carbocycles. The number of Topliss-reactive ketones (excluding diaryl/α,β-unsaturated/α-hetero) is 1. The lowest BCUT2D eigenvalue weighted by atomic mass is 10.0. The van der Waals surface area contributed by atoms with Crippen molar-refractivity contribution in [3.63, 3.8) is 0 Å². The van der Waals surface area contributed by atoms with Gasteiger partial charge in [-0.3, -0.25) is 4.79 Å². The third-order valence-corrected chi connectivity index (χ3v) is 3.63. The molecule has 0 saturated heterocycles. The molecule has 0 N–H and O–H groups in total. The van der Waals surface area contributed by atoms with Crippen LogP contribution in [-0.4, -0.2) is 11.0 Å². The van der Waals surface area contributed by atoms with Gasteiger partial charge in [-0.2, -0.15) is 11.8 Å². The van der Waals surface area contributed by atoms with Crippen molar-refractivity contribution in [2.45, 2.75) is 24.3 Å². The standard InChI is InChI=1S/C11H10F2OS/c1-6-2-10(14)11-7(5-15-6)3-8(12)4-9(11)13/h3-4,6H,2,5H2,1H3. The molecule has 0 bridgehead atoms. The summed E-state index contributed by atoms with van der Waals surface area (Å²) in [5, 5.41) is 0.160. The lowest BCUT2D eigenvalue weighted by Crippen LogP contribution is -2.08. The van der Waals surface area contributed by atoms with Crippen LogP contribution in [0.15, 0.2) is 12.1 Å². The Morgan fingerprint density at radius 2 is 2.13 bits per heavy atom. The summed E-state index contributed by atoms with van der Waals surface area (Å²) in [4.78, 5) is 11.7. The Hall–Kier alpha value is -0.900. The number of carbonyl (C=O) groups is 1. The maximum absolute atomic E-state index is 13.4. The lowest BCUT2D eigenvalue weighted by Gasteiger charge is -2.04. The van der Waals surface area contributed by atoms with Gasteiger partial charge in [0.25, 0.3) is 0 Å². The van der Waals surface area contributed by atoms with E-state index in [-0.39, 0.29) is 16.6 Å². The number of ketones is 1. The van der Waals surface area contributed by atoms with Gasteiger partial charge in [0.15, 0.2) is 5.78 Å². The Balaban J connectivity index is 2.53. The third-order valence-electron chi connectivity index (χ3n) is 2.41. The third kappa shape index (κ3) is 2.04. The van der Waals surface area contributed by atoms with Gasteiger partial charge in [-0.25, -0.2) is 8.78 Å². The molecular weight excluding hydrogens is 218 g/mol. The van der Waals surface area contributed by atoms with Crippen LogP contribution in [0, 0.1) is 11.6 Å². The molecule has 80 valence electrons. The van der Waals surface area contributed by atoms with E-state index in [9.17, 15) is 13.6 Å². The molecule has 1 unspecified atom stereocenters. The van der Waals surface area contributed by atoms with E-state index in [1.165, 1.54) is 6.07 Å². The van der Waals surface area contributed by atoms with Crippen molar-refractivity contribution in [2.24, 2.45) is 0 Å². The minimum absolute atomic E-state index is 0.0771. The Kier molecular flexibility index (Phi) is 2.78. The summed E-state index contributed by atoms with van der Waals surface area (Å²) in [6.45, 7) is 1.92. The number of benzene rings is 1. The molecule has 0 spiro atoms. The molecule has 0 aliphatic carbocycles. The fourth-order valence-electron chi connectivity index (χ4n) is 1.71. The normalized spacial score (nSPS) is 21.0. The van der Waals surface area contributed by atoms with Crippen LogP contribution < -0.4 is 0 Å². The van der Waals surface area contributed by atoms with Gasteiger partial charge in [-0.15, -0.1) is 0 Å². The molecule has 0 aromatic heterocycles. The molecule has 1 aliphatic rings. The highest BCUT2D eigenvalue weighted by Crippen LogP contribution is 2.30. The molecule has 4 heteroatoms. The number of hydrogen-bond acceptors (Lipinski definition) is 2. The molecule has 1 heterocycles. The first-order valence-corrected chi connectivity index (χ1v) is 5.75. The summed E-state index contributed by atoms with van der Waals surface area (Å²) in [6, 6.07) is 2.03. The number of thioether (sulfide) groups is 1. The Labute approximate surface area is 90.9 Å². The molecule has 1 atom stereocenters. The summed E-state index contributed by atoms with van der Waals surface area (Å²) >= 11 is 1.55. The molecule has 0 amide bonds. The second-order valence-corrected chi connectivity index (χ2v) is 5.10. The zero-order valence-electron chi connectivity index (χ0n) is 8.22. The van der Waals surface area contributed by atoms with Gasteiger partial charge in [0.05, 0.1) is 5.56 Å². The van der Waals surface area contributed by atoms with Gasteiger partial charge < -0.3 is 0 Å². The molecule has 0 radical (unpaired) electrons. The quantitative estimate of drug-likeness (QED) is 0.678. The van der Waals surface area contributed by atoms with E-state index >= 15 is 0 Å². The van der Waals surface area contributed by atoms with Crippen LogP contribution in [0.1, 0.15) is 29.3 Å². The van der Waals surface area contributed by atoms with Gasteiger partial charge in [-0.1, -0.05) is 6.92 Å². The van der Waals surface area contributed by atoms with E-state index in [0.29, 0.717) is 17.7 Å². The first-order chi connectivity index (χ1) is 7.08. The predicted octanol–water partition coefficient (Wildman–Crippen LogP) is 3.17. The van der Waals surface area contributed by atoms with E-state index in [4.69, 9.17) is 0 Å². The van der Waals surface area contributed by atoms with E-state index in [0.717, 1.165) is 6.07 Å². The van der Waals surface area contributed by atoms with Crippen molar-refractivity contribution < 1.29 is 13.6 Å². The van der Waals surface area contributed by atoms with Gasteiger partial charge in [0.2, 0.25) is 0 Å². The highest BCUT2D eigenvalue weighted by Gasteiger charge is 2.24. The maximum Gasteiger partial charge on any atom is 0.167 e.